The summed E-state index contributed by atoms with van der Waals surface area (Å²) < 4.78 is 0. The fourth-order valence-electron chi connectivity index (χ4n) is 4.35. The van der Waals surface area contributed by atoms with Crippen molar-refractivity contribution in [2.24, 2.45) is 10.9 Å². The molecule has 1 aliphatic rings. The number of carbonyl (C=O) groups is 1. The van der Waals surface area contributed by atoms with Gasteiger partial charge in [-0.25, -0.2) is 9.79 Å². The first-order valence-electron chi connectivity index (χ1n) is 10.3. The predicted molar refractivity (Wildman–Crippen MR) is 119 cm³/mol. The molecule has 4 nitrogen and oxygen atoms in total. The van der Waals surface area contributed by atoms with Crippen molar-refractivity contribution in [2.75, 3.05) is 0 Å². The van der Waals surface area contributed by atoms with Crippen LogP contribution in [0.2, 0.25) is 0 Å². The van der Waals surface area contributed by atoms with Crippen molar-refractivity contribution in [2.45, 2.75) is 32.0 Å². The van der Waals surface area contributed by atoms with Gasteiger partial charge in [-0.3, -0.25) is 0 Å². The van der Waals surface area contributed by atoms with E-state index < -0.39 is 17.6 Å². The van der Waals surface area contributed by atoms with Crippen LogP contribution in [0.1, 0.15) is 36.6 Å². The van der Waals surface area contributed by atoms with Gasteiger partial charge in [0.15, 0.2) is 5.54 Å². The van der Waals surface area contributed by atoms with Crippen molar-refractivity contribution in [3.8, 4) is 0 Å². The van der Waals surface area contributed by atoms with Crippen LogP contribution in [0.5, 0.6) is 0 Å². The third-order valence-corrected chi connectivity index (χ3v) is 5.86. The number of aliphatic imine (C=N–C) groups is 1. The SMILES string of the molecule is CC(C)[C@]1(C(=O)O)N=C(c2ccccc2)N(Cc2ccccc2)[C@H]1c1ccccc1. The standard InChI is InChI=1S/C26H26N2O2/c1-19(2)26(25(29)30)23(21-14-8-4-9-15-21)28(18-20-12-6-3-7-13-20)24(27-26)22-16-10-5-11-17-22/h3-17,19,23H,18H2,1-2H3,(H,29,30)/t23-,26-/m0/s1. The van der Waals surface area contributed by atoms with Gasteiger partial charge < -0.3 is 10.0 Å². The molecule has 4 heteroatoms. The van der Waals surface area contributed by atoms with Crippen LogP contribution in [0.3, 0.4) is 0 Å². The number of amidine groups is 1. The molecule has 0 aromatic heterocycles. The highest BCUT2D eigenvalue weighted by molar-refractivity contribution is 6.04. The number of carboxylic acid groups (broad SMARTS) is 1. The van der Waals surface area contributed by atoms with Crippen LogP contribution in [0.15, 0.2) is 96.0 Å². The molecule has 0 saturated heterocycles. The highest BCUT2D eigenvalue weighted by Crippen LogP contribution is 2.47. The molecule has 0 amide bonds. The summed E-state index contributed by atoms with van der Waals surface area (Å²) in [7, 11) is 0. The minimum Gasteiger partial charge on any atom is -0.479 e. The van der Waals surface area contributed by atoms with Crippen LogP contribution in [-0.2, 0) is 11.3 Å². The van der Waals surface area contributed by atoms with Crippen molar-refractivity contribution in [3.05, 3.63) is 108 Å². The number of carboxylic acids is 1. The summed E-state index contributed by atoms with van der Waals surface area (Å²) in [5, 5.41) is 10.5. The van der Waals surface area contributed by atoms with Crippen LogP contribution in [0, 0.1) is 5.92 Å². The second-order valence-corrected chi connectivity index (χ2v) is 8.01. The molecule has 0 spiro atoms. The molecule has 3 aromatic carbocycles. The van der Waals surface area contributed by atoms with E-state index in [0.717, 1.165) is 22.5 Å². The highest BCUT2D eigenvalue weighted by Gasteiger charge is 2.57. The Labute approximate surface area is 177 Å². The predicted octanol–water partition coefficient (Wildman–Crippen LogP) is 5.17. The lowest BCUT2D eigenvalue weighted by Crippen LogP contribution is -2.49. The van der Waals surface area contributed by atoms with Gasteiger partial charge in [0, 0.05) is 12.1 Å². The number of nitrogens with zero attached hydrogens (tertiary/aromatic N) is 2. The van der Waals surface area contributed by atoms with Gasteiger partial charge in [0.25, 0.3) is 0 Å². The van der Waals surface area contributed by atoms with E-state index in [4.69, 9.17) is 4.99 Å². The molecule has 30 heavy (non-hydrogen) atoms. The summed E-state index contributed by atoms with van der Waals surface area (Å²) in [5.74, 6) is -0.362. The molecule has 4 rings (SSSR count). The third-order valence-electron chi connectivity index (χ3n) is 5.86. The van der Waals surface area contributed by atoms with E-state index >= 15 is 0 Å². The number of hydrogen-bond acceptors (Lipinski definition) is 3. The van der Waals surface area contributed by atoms with Gasteiger partial charge in [-0.05, 0) is 17.0 Å². The zero-order valence-electron chi connectivity index (χ0n) is 17.3. The molecule has 0 unspecified atom stereocenters. The Bertz CT molecular complexity index is 1030. The molecule has 0 bridgehead atoms. The van der Waals surface area contributed by atoms with Crippen molar-refractivity contribution in [3.63, 3.8) is 0 Å². The highest BCUT2D eigenvalue weighted by atomic mass is 16.4. The monoisotopic (exact) mass is 398 g/mol. The van der Waals surface area contributed by atoms with Crippen LogP contribution in [0.4, 0.5) is 0 Å². The van der Waals surface area contributed by atoms with Gasteiger partial charge in [-0.15, -0.1) is 0 Å². The molecule has 1 N–H and O–H groups in total. The summed E-state index contributed by atoms with van der Waals surface area (Å²) >= 11 is 0. The molecule has 1 heterocycles. The fourth-order valence-corrected chi connectivity index (χ4v) is 4.35. The molecular weight excluding hydrogens is 372 g/mol. The Morgan fingerprint density at radius 2 is 1.47 bits per heavy atom. The Kier molecular flexibility index (Phi) is 5.40. The largest absolute Gasteiger partial charge is 0.479 e. The lowest BCUT2D eigenvalue weighted by atomic mass is 9.77. The molecule has 0 fully saturated rings. The molecule has 0 radical (unpaired) electrons. The Balaban J connectivity index is 1.93. The minimum atomic E-state index is -1.28. The lowest BCUT2D eigenvalue weighted by molar-refractivity contribution is -0.147. The first kappa shape index (κ1) is 19.9. The molecule has 1 aliphatic heterocycles. The van der Waals surface area contributed by atoms with Crippen molar-refractivity contribution >= 4 is 11.8 Å². The summed E-state index contributed by atoms with van der Waals surface area (Å²) in [6.45, 7) is 4.47. The smallest absolute Gasteiger partial charge is 0.334 e. The summed E-state index contributed by atoms with van der Waals surface area (Å²) in [6, 6.07) is 29.5. The summed E-state index contributed by atoms with van der Waals surface area (Å²) in [6.07, 6.45) is 0. The summed E-state index contributed by atoms with van der Waals surface area (Å²) in [5.41, 5.74) is 1.73. The number of hydrogen-bond donors (Lipinski definition) is 1. The quantitative estimate of drug-likeness (QED) is 0.623. The number of aliphatic carboxylic acids is 1. The normalized spacial score (nSPS) is 21.0. The zero-order valence-corrected chi connectivity index (χ0v) is 17.3. The van der Waals surface area contributed by atoms with Gasteiger partial charge in [0.2, 0.25) is 0 Å². The second-order valence-electron chi connectivity index (χ2n) is 8.01. The van der Waals surface area contributed by atoms with Gasteiger partial charge in [-0.1, -0.05) is 105 Å². The van der Waals surface area contributed by atoms with E-state index in [0.29, 0.717) is 6.54 Å². The zero-order chi connectivity index (χ0) is 21.1. The van der Waals surface area contributed by atoms with E-state index in [9.17, 15) is 9.90 Å². The lowest BCUT2D eigenvalue weighted by Gasteiger charge is -2.38. The molecule has 0 aliphatic carbocycles. The minimum absolute atomic E-state index is 0.195. The average Bonchev–Trinajstić information content (AvgIpc) is 3.12. The fraction of sp³-hybridized carbons (Fsp3) is 0.231. The Hall–Kier alpha value is -3.40. The maximum atomic E-state index is 12.8. The molecule has 2 atom stereocenters. The number of benzene rings is 3. The van der Waals surface area contributed by atoms with Crippen LogP contribution in [-0.4, -0.2) is 27.4 Å². The van der Waals surface area contributed by atoms with Gasteiger partial charge in [0.05, 0.1) is 6.04 Å². The van der Waals surface area contributed by atoms with Crippen molar-refractivity contribution in [1.82, 2.24) is 4.90 Å². The topological polar surface area (TPSA) is 52.9 Å². The van der Waals surface area contributed by atoms with Gasteiger partial charge in [-0.2, -0.15) is 0 Å². The molecular formula is C26H26N2O2. The molecule has 152 valence electrons. The maximum Gasteiger partial charge on any atom is 0.334 e. The average molecular weight is 399 g/mol. The van der Waals surface area contributed by atoms with E-state index in [1.54, 1.807) is 0 Å². The third kappa shape index (κ3) is 3.39. The van der Waals surface area contributed by atoms with Crippen LogP contribution < -0.4 is 0 Å². The number of rotatable bonds is 6. The Morgan fingerprint density at radius 1 is 0.933 bits per heavy atom. The molecule has 3 aromatic rings. The Morgan fingerprint density at radius 3 is 2.00 bits per heavy atom. The molecule has 0 saturated carbocycles. The van der Waals surface area contributed by atoms with Crippen molar-refractivity contribution in [1.29, 1.82) is 0 Å². The summed E-state index contributed by atoms with van der Waals surface area (Å²) in [4.78, 5) is 19.9. The van der Waals surface area contributed by atoms with Gasteiger partial charge in [0.1, 0.15) is 5.84 Å². The van der Waals surface area contributed by atoms with E-state index in [-0.39, 0.29) is 5.92 Å². The van der Waals surface area contributed by atoms with E-state index in [1.807, 2.05) is 92.7 Å². The van der Waals surface area contributed by atoms with Crippen LogP contribution >= 0.6 is 0 Å². The first-order chi connectivity index (χ1) is 14.5. The van der Waals surface area contributed by atoms with Crippen molar-refractivity contribution < 1.29 is 9.90 Å². The first-order valence-corrected chi connectivity index (χ1v) is 10.3. The van der Waals surface area contributed by atoms with E-state index in [2.05, 4.69) is 17.0 Å². The van der Waals surface area contributed by atoms with Crippen LogP contribution in [0.25, 0.3) is 0 Å². The van der Waals surface area contributed by atoms with E-state index in [1.165, 1.54) is 0 Å². The maximum absolute atomic E-state index is 12.8. The van der Waals surface area contributed by atoms with Gasteiger partial charge >= 0.3 is 5.97 Å². The second kappa shape index (κ2) is 8.15.